The van der Waals surface area contributed by atoms with E-state index in [0.717, 1.165) is 0 Å². The Morgan fingerprint density at radius 1 is 1.40 bits per heavy atom. The van der Waals surface area contributed by atoms with Crippen LogP contribution in [0, 0.1) is 0 Å². The minimum Gasteiger partial charge on any atom is -0.507 e. The lowest BCUT2D eigenvalue weighted by Gasteiger charge is -1.93. The average molecular weight is 135 g/mol. The van der Waals surface area contributed by atoms with Crippen molar-refractivity contribution in [1.29, 1.82) is 0 Å². The van der Waals surface area contributed by atoms with Crippen LogP contribution in [0.1, 0.15) is 5.56 Å². The van der Waals surface area contributed by atoms with Crippen molar-refractivity contribution in [2.75, 3.05) is 0 Å². The zero-order valence-corrected chi connectivity index (χ0v) is 5.28. The van der Waals surface area contributed by atoms with Crippen LogP contribution < -0.4 is 5.84 Å². The molecule has 0 fully saturated rings. The Kier molecular flexibility index (Phi) is 1.89. The van der Waals surface area contributed by atoms with Gasteiger partial charge in [-0.15, -0.1) is 0 Å². The van der Waals surface area contributed by atoms with Crippen LogP contribution in [0.5, 0.6) is 5.75 Å². The van der Waals surface area contributed by atoms with Crippen molar-refractivity contribution in [3.8, 4) is 5.75 Å². The highest BCUT2D eigenvalue weighted by Gasteiger charge is 1.92. The van der Waals surface area contributed by atoms with Crippen molar-refractivity contribution in [1.82, 2.24) is 5.84 Å². The third-order valence-electron chi connectivity index (χ3n) is 1.14. The number of rotatable bonds is 1. The maximum Gasteiger partial charge on any atom is 0.124 e. The average Bonchev–Trinajstić information content (AvgIpc) is 1.94. The number of nitrogens with zero attached hydrogens (tertiary/aromatic N) is 1. The molecule has 10 heavy (non-hydrogen) atoms. The van der Waals surface area contributed by atoms with E-state index in [1.807, 2.05) is 0 Å². The normalized spacial score (nSPS) is 10.4. The molecule has 3 heteroatoms. The van der Waals surface area contributed by atoms with Gasteiger partial charge in [0.25, 0.3) is 0 Å². The van der Waals surface area contributed by atoms with Crippen molar-refractivity contribution in [2.24, 2.45) is 5.10 Å². The quantitative estimate of drug-likeness (QED) is 0.453. The zero-order chi connectivity index (χ0) is 7.40. The molecule has 0 saturated carbocycles. The van der Waals surface area contributed by atoms with Gasteiger partial charge in [-0.25, -0.2) is 5.84 Å². The fourth-order valence-electron chi connectivity index (χ4n) is 0.666. The van der Waals surface area contributed by atoms with Crippen LogP contribution in [0.25, 0.3) is 0 Å². The molecule has 1 rings (SSSR count). The Balaban J connectivity index is 3.03. The molecular weight excluding hydrogens is 128 g/mol. The van der Waals surface area contributed by atoms with Crippen molar-refractivity contribution in [3.05, 3.63) is 29.8 Å². The number of para-hydroxylation sites is 1. The predicted molar refractivity (Wildman–Crippen MR) is 38.8 cm³/mol. The third kappa shape index (κ3) is 1.25. The Hall–Kier alpha value is -1.51. The maximum absolute atomic E-state index is 9.07. The largest absolute Gasteiger partial charge is 0.507 e. The van der Waals surface area contributed by atoms with Gasteiger partial charge in [0.2, 0.25) is 0 Å². The molecule has 1 aromatic rings. The van der Waals surface area contributed by atoms with Crippen LogP contribution in [-0.2, 0) is 0 Å². The van der Waals surface area contributed by atoms with Gasteiger partial charge in [-0.2, -0.15) is 5.10 Å². The summed E-state index contributed by atoms with van der Waals surface area (Å²) in [5, 5.41) is 12.1. The number of hydrogen-bond acceptors (Lipinski definition) is 2. The van der Waals surface area contributed by atoms with E-state index in [0.29, 0.717) is 5.56 Å². The van der Waals surface area contributed by atoms with Gasteiger partial charge in [0, 0.05) is 5.56 Å². The monoisotopic (exact) mass is 135 g/mol. The lowest BCUT2D eigenvalue weighted by atomic mass is 10.2. The summed E-state index contributed by atoms with van der Waals surface area (Å²) in [6.07, 6.45) is 1.29. The van der Waals surface area contributed by atoms with Crippen molar-refractivity contribution in [2.45, 2.75) is 0 Å². The van der Waals surface area contributed by atoms with Crippen molar-refractivity contribution >= 4 is 6.21 Å². The van der Waals surface area contributed by atoms with E-state index in [-0.39, 0.29) is 5.75 Å². The number of phenolic OH excluding ortho intramolecular Hbond substituents is 1. The van der Waals surface area contributed by atoms with E-state index >= 15 is 0 Å². The van der Waals surface area contributed by atoms with Crippen LogP contribution in [0.2, 0.25) is 0 Å². The summed E-state index contributed by atoms with van der Waals surface area (Å²) in [5.74, 6) is 6.65. The molecule has 1 radical (unpaired) electrons. The van der Waals surface area contributed by atoms with Crippen LogP contribution in [0.3, 0.4) is 0 Å². The second-order valence-electron chi connectivity index (χ2n) is 1.82. The van der Waals surface area contributed by atoms with Crippen molar-refractivity contribution < 1.29 is 5.11 Å². The van der Waals surface area contributed by atoms with E-state index < -0.39 is 0 Å². The molecule has 0 bridgehead atoms. The maximum atomic E-state index is 9.07. The summed E-state index contributed by atoms with van der Waals surface area (Å²) in [6.45, 7) is 0. The molecular formula is C7H7N2O. The molecule has 0 unspecified atom stereocenters. The third-order valence-corrected chi connectivity index (χ3v) is 1.14. The molecule has 0 heterocycles. The molecule has 0 saturated heterocycles. The summed E-state index contributed by atoms with van der Waals surface area (Å²) in [7, 11) is 0. The first-order chi connectivity index (χ1) is 4.84. The lowest BCUT2D eigenvalue weighted by Crippen LogP contribution is -1.80. The first-order valence-electron chi connectivity index (χ1n) is 2.82. The molecule has 0 spiro atoms. The van der Waals surface area contributed by atoms with Gasteiger partial charge in [0.15, 0.2) is 0 Å². The van der Waals surface area contributed by atoms with E-state index in [1.165, 1.54) is 6.21 Å². The molecule has 0 aliphatic carbocycles. The zero-order valence-electron chi connectivity index (χ0n) is 5.28. The van der Waals surface area contributed by atoms with Gasteiger partial charge in [-0.1, -0.05) is 12.1 Å². The van der Waals surface area contributed by atoms with Crippen LogP contribution in [-0.4, -0.2) is 11.3 Å². The predicted octanol–water partition coefficient (Wildman–Crippen LogP) is 1.01. The van der Waals surface area contributed by atoms with Gasteiger partial charge in [0.1, 0.15) is 5.75 Å². The number of aromatic hydroxyl groups is 1. The molecule has 3 nitrogen and oxygen atoms in total. The molecule has 0 aliphatic heterocycles. The minimum absolute atomic E-state index is 0.151. The molecule has 0 atom stereocenters. The van der Waals surface area contributed by atoms with Crippen molar-refractivity contribution in [3.63, 3.8) is 0 Å². The first kappa shape index (κ1) is 6.61. The smallest absolute Gasteiger partial charge is 0.124 e. The summed E-state index contributed by atoms with van der Waals surface area (Å²) in [4.78, 5) is 0. The standard InChI is InChI=1S/C7H7N2O/c8-9-5-6-3-1-2-4-7(6)10/h1-5,8,10H. The molecule has 2 N–H and O–H groups in total. The van der Waals surface area contributed by atoms with E-state index in [9.17, 15) is 0 Å². The van der Waals surface area contributed by atoms with E-state index in [4.69, 9.17) is 10.9 Å². The number of benzene rings is 1. The summed E-state index contributed by atoms with van der Waals surface area (Å²) in [5.41, 5.74) is 0.567. The minimum atomic E-state index is 0.151. The van der Waals surface area contributed by atoms with Gasteiger partial charge in [-0.05, 0) is 12.1 Å². The van der Waals surface area contributed by atoms with Gasteiger partial charge in [-0.3, -0.25) is 0 Å². The topological polar surface area (TPSA) is 56.4 Å². The number of hydrogen-bond donors (Lipinski definition) is 1. The Labute approximate surface area is 58.8 Å². The van der Waals surface area contributed by atoms with Crippen LogP contribution >= 0.6 is 0 Å². The fraction of sp³-hybridized carbons (Fsp3) is 0. The fourth-order valence-corrected chi connectivity index (χ4v) is 0.666. The van der Waals surface area contributed by atoms with Crippen LogP contribution in [0.4, 0.5) is 0 Å². The molecule has 1 aromatic carbocycles. The molecule has 0 aliphatic rings. The van der Waals surface area contributed by atoms with Crippen LogP contribution in [0.15, 0.2) is 29.4 Å². The first-order valence-corrected chi connectivity index (χ1v) is 2.82. The summed E-state index contributed by atoms with van der Waals surface area (Å²) >= 11 is 0. The lowest BCUT2D eigenvalue weighted by molar-refractivity contribution is 0.474. The Morgan fingerprint density at radius 2 is 2.10 bits per heavy atom. The highest BCUT2D eigenvalue weighted by atomic mass is 16.3. The van der Waals surface area contributed by atoms with E-state index in [1.54, 1.807) is 24.3 Å². The van der Waals surface area contributed by atoms with E-state index in [2.05, 4.69) is 5.10 Å². The molecule has 0 aromatic heterocycles. The Bertz CT molecular complexity index is 245. The highest BCUT2D eigenvalue weighted by Crippen LogP contribution is 2.12. The van der Waals surface area contributed by atoms with Gasteiger partial charge in [0.05, 0.1) is 6.21 Å². The van der Waals surface area contributed by atoms with Gasteiger partial charge < -0.3 is 5.11 Å². The summed E-state index contributed by atoms with van der Waals surface area (Å²) in [6, 6.07) is 6.73. The Morgan fingerprint density at radius 3 is 2.70 bits per heavy atom. The number of nitrogens with one attached hydrogen (secondary N) is 1. The molecule has 0 amide bonds. The molecule has 51 valence electrons. The second kappa shape index (κ2) is 2.87. The SMILES string of the molecule is [NH]N=Cc1ccccc1O. The number of phenols is 1. The summed E-state index contributed by atoms with van der Waals surface area (Å²) < 4.78 is 0. The second-order valence-corrected chi connectivity index (χ2v) is 1.82. The van der Waals surface area contributed by atoms with Gasteiger partial charge >= 0.3 is 0 Å². The highest BCUT2D eigenvalue weighted by molar-refractivity contribution is 5.82.